The summed E-state index contributed by atoms with van der Waals surface area (Å²) in [5, 5.41) is 6.96. The van der Waals surface area contributed by atoms with Crippen LogP contribution in [-0.4, -0.2) is 62.2 Å². The Morgan fingerprint density at radius 2 is 2.00 bits per heavy atom. The number of piperidine rings is 1. The Kier molecular flexibility index (Phi) is 7.77. The van der Waals surface area contributed by atoms with Gasteiger partial charge in [-0.15, -0.1) is 0 Å². The number of benzene rings is 1. The molecule has 7 nitrogen and oxygen atoms in total. The molecule has 0 saturated carbocycles. The topological polar surface area (TPSA) is 78.2 Å². The molecule has 1 aromatic carbocycles. The van der Waals surface area contributed by atoms with Crippen molar-refractivity contribution in [1.29, 1.82) is 0 Å². The van der Waals surface area contributed by atoms with Crippen molar-refractivity contribution >= 4 is 11.9 Å². The minimum atomic E-state index is -0.368. The summed E-state index contributed by atoms with van der Waals surface area (Å²) in [7, 11) is 4.22. The van der Waals surface area contributed by atoms with Crippen LogP contribution in [0.1, 0.15) is 38.2 Å². The van der Waals surface area contributed by atoms with Crippen LogP contribution in [0.4, 0.5) is 5.69 Å². The molecule has 2 aliphatic rings. The summed E-state index contributed by atoms with van der Waals surface area (Å²) < 4.78 is 5.76. The highest BCUT2D eigenvalue weighted by Gasteiger charge is 2.19. The third kappa shape index (κ3) is 6.37. The van der Waals surface area contributed by atoms with Gasteiger partial charge in [-0.3, -0.25) is 0 Å². The van der Waals surface area contributed by atoms with Gasteiger partial charge in [0, 0.05) is 25.3 Å². The molecule has 2 heterocycles. The first-order valence-corrected chi connectivity index (χ1v) is 10.7. The Bertz CT molecular complexity index is 694. The summed E-state index contributed by atoms with van der Waals surface area (Å²) in [6.45, 7) is 5.92. The van der Waals surface area contributed by atoms with E-state index < -0.39 is 0 Å². The number of nitrogens with one attached hydrogen (secondary N) is 2. The second-order valence-corrected chi connectivity index (χ2v) is 8.08. The Balaban J connectivity index is 1.52. The molecule has 7 heteroatoms. The van der Waals surface area contributed by atoms with Gasteiger partial charge in [0.05, 0.1) is 18.5 Å². The van der Waals surface area contributed by atoms with Crippen molar-refractivity contribution in [2.45, 2.75) is 51.5 Å². The minimum Gasteiger partial charge on any atom is -0.395 e. The molecule has 1 atom stereocenters. The lowest BCUT2D eigenvalue weighted by Gasteiger charge is -2.31. The maximum Gasteiger partial charge on any atom is 0.226 e. The van der Waals surface area contributed by atoms with E-state index in [0.717, 1.165) is 38.3 Å². The summed E-state index contributed by atoms with van der Waals surface area (Å²) in [5.74, 6) is 0.857. The van der Waals surface area contributed by atoms with Crippen molar-refractivity contribution in [2.24, 2.45) is 10.7 Å². The maximum atomic E-state index is 6.15. The predicted octanol–water partition coefficient (Wildman–Crippen LogP) is 2.53. The number of allylic oxidation sites excluding steroid dienone is 1. The summed E-state index contributed by atoms with van der Waals surface area (Å²) in [4.78, 5) is 8.81. The normalized spacial score (nSPS) is 20.6. The third-order valence-electron chi connectivity index (χ3n) is 5.50. The number of unbranched alkanes of at least 4 members (excludes halogenated alkanes) is 1. The molecule has 2 aliphatic heterocycles. The Hall–Kier alpha value is -2.25. The largest absolute Gasteiger partial charge is 0.395 e. The molecule has 1 fully saturated rings. The number of nitrogens with zero attached hydrogens (tertiary/aromatic N) is 3. The van der Waals surface area contributed by atoms with E-state index in [1.54, 1.807) is 6.21 Å². The van der Waals surface area contributed by atoms with Crippen molar-refractivity contribution in [3.63, 3.8) is 0 Å². The number of hydrogen-bond acceptors (Lipinski definition) is 7. The number of anilines is 1. The molecular weight excluding hydrogens is 364 g/mol. The van der Waals surface area contributed by atoms with Crippen LogP contribution in [0.25, 0.3) is 0 Å². The lowest BCUT2D eigenvalue weighted by Crippen LogP contribution is -2.41. The molecule has 4 N–H and O–H groups in total. The Labute approximate surface area is 175 Å². The molecule has 0 aliphatic carbocycles. The van der Waals surface area contributed by atoms with E-state index in [9.17, 15) is 0 Å². The van der Waals surface area contributed by atoms with Gasteiger partial charge in [0.15, 0.2) is 0 Å². The molecular formula is C22H36N6O. The zero-order chi connectivity index (χ0) is 20.6. The van der Waals surface area contributed by atoms with Gasteiger partial charge in [0.2, 0.25) is 6.35 Å². The van der Waals surface area contributed by atoms with E-state index in [-0.39, 0.29) is 6.35 Å². The van der Waals surface area contributed by atoms with Gasteiger partial charge in [0.25, 0.3) is 0 Å². The first-order chi connectivity index (χ1) is 14.0. The summed E-state index contributed by atoms with van der Waals surface area (Å²) in [6, 6.07) is 9.27. The van der Waals surface area contributed by atoms with E-state index in [0.29, 0.717) is 18.3 Å². The lowest BCUT2D eigenvalue weighted by molar-refractivity contribution is 0.0339. The van der Waals surface area contributed by atoms with Crippen LogP contribution in [0, 0.1) is 0 Å². The predicted molar refractivity (Wildman–Crippen MR) is 120 cm³/mol. The molecule has 3 rings (SSSR count). The van der Waals surface area contributed by atoms with E-state index in [1.165, 1.54) is 24.1 Å². The number of rotatable bonds is 9. The Morgan fingerprint density at radius 1 is 1.28 bits per heavy atom. The third-order valence-corrected chi connectivity index (χ3v) is 5.50. The van der Waals surface area contributed by atoms with Crippen molar-refractivity contribution in [2.75, 3.05) is 39.1 Å². The molecule has 0 amide bonds. The van der Waals surface area contributed by atoms with Crippen LogP contribution < -0.4 is 16.4 Å². The Morgan fingerprint density at radius 3 is 2.69 bits per heavy atom. The highest BCUT2D eigenvalue weighted by atomic mass is 16.5. The van der Waals surface area contributed by atoms with E-state index in [4.69, 9.17) is 10.5 Å². The number of likely N-dealkylation sites (tertiary alicyclic amines) is 1. The van der Waals surface area contributed by atoms with Crippen molar-refractivity contribution in [3.05, 3.63) is 41.3 Å². The second kappa shape index (κ2) is 10.5. The molecule has 0 bridgehead atoms. The fourth-order valence-electron chi connectivity index (χ4n) is 3.65. The fourth-order valence-corrected chi connectivity index (χ4v) is 3.65. The molecule has 1 saturated heterocycles. The van der Waals surface area contributed by atoms with E-state index in [1.807, 2.05) is 7.05 Å². The monoisotopic (exact) mass is 400 g/mol. The summed E-state index contributed by atoms with van der Waals surface area (Å²) in [5.41, 5.74) is 9.20. The molecule has 160 valence electrons. The zero-order valence-corrected chi connectivity index (χ0v) is 18.0. The quantitative estimate of drug-likeness (QED) is 0.553. The van der Waals surface area contributed by atoms with E-state index >= 15 is 0 Å². The SMILES string of the molecule is CCCCOC1N=CC(N)=C(N(C)Cc2ccc(NC3CCN(C)CC3)cc2)N1. The smallest absolute Gasteiger partial charge is 0.226 e. The highest BCUT2D eigenvalue weighted by molar-refractivity contribution is 5.79. The molecule has 0 radical (unpaired) electrons. The van der Waals surface area contributed by atoms with Crippen molar-refractivity contribution in [3.8, 4) is 0 Å². The van der Waals surface area contributed by atoms with Crippen LogP contribution in [-0.2, 0) is 11.3 Å². The van der Waals surface area contributed by atoms with Gasteiger partial charge in [-0.1, -0.05) is 25.5 Å². The molecule has 29 heavy (non-hydrogen) atoms. The average molecular weight is 401 g/mol. The summed E-state index contributed by atoms with van der Waals surface area (Å²) in [6.07, 6.45) is 5.84. The minimum absolute atomic E-state index is 0.368. The van der Waals surface area contributed by atoms with Crippen molar-refractivity contribution in [1.82, 2.24) is 15.1 Å². The van der Waals surface area contributed by atoms with Gasteiger partial charge >= 0.3 is 0 Å². The second-order valence-electron chi connectivity index (χ2n) is 8.08. The van der Waals surface area contributed by atoms with Gasteiger partial charge in [-0.05, 0) is 57.1 Å². The highest BCUT2D eigenvalue weighted by Crippen LogP contribution is 2.18. The van der Waals surface area contributed by atoms with Crippen LogP contribution in [0.5, 0.6) is 0 Å². The molecule has 1 aromatic rings. The van der Waals surface area contributed by atoms with Crippen LogP contribution in [0.3, 0.4) is 0 Å². The lowest BCUT2D eigenvalue weighted by atomic mass is 10.0. The van der Waals surface area contributed by atoms with Gasteiger partial charge in [-0.25, -0.2) is 4.99 Å². The molecule has 1 unspecified atom stereocenters. The number of ether oxygens (including phenoxy) is 1. The van der Waals surface area contributed by atoms with Crippen molar-refractivity contribution < 1.29 is 4.74 Å². The zero-order valence-electron chi connectivity index (χ0n) is 18.0. The number of nitrogens with two attached hydrogens (primary N) is 1. The first kappa shape index (κ1) is 21.5. The number of aliphatic imine (C=N–C) groups is 1. The van der Waals surface area contributed by atoms with Gasteiger partial charge in [0.1, 0.15) is 5.82 Å². The van der Waals surface area contributed by atoms with Gasteiger partial charge in [-0.2, -0.15) is 0 Å². The maximum absolute atomic E-state index is 6.15. The summed E-state index contributed by atoms with van der Waals surface area (Å²) >= 11 is 0. The standard InChI is InChI=1S/C22H36N6O/c1-4-5-14-29-22-24-15-20(23)21(26-22)28(3)16-17-6-8-18(9-7-17)25-19-10-12-27(2)13-11-19/h6-9,15,19,22,25-26H,4-5,10-14,16,23H2,1-3H3. The van der Waals surface area contributed by atoms with Crippen LogP contribution >= 0.6 is 0 Å². The van der Waals surface area contributed by atoms with Crippen LogP contribution in [0.2, 0.25) is 0 Å². The van der Waals surface area contributed by atoms with Crippen LogP contribution in [0.15, 0.2) is 40.8 Å². The van der Waals surface area contributed by atoms with Gasteiger partial charge < -0.3 is 30.9 Å². The fraction of sp³-hybridized carbons (Fsp3) is 0.591. The average Bonchev–Trinajstić information content (AvgIpc) is 2.72. The van der Waals surface area contributed by atoms with E-state index in [2.05, 4.69) is 63.7 Å². The molecule has 0 aromatic heterocycles. The first-order valence-electron chi connectivity index (χ1n) is 10.7. The molecule has 0 spiro atoms. The number of hydrogen-bond donors (Lipinski definition) is 3.